The van der Waals surface area contributed by atoms with Gasteiger partial charge in [-0.1, -0.05) is 38.1 Å². The van der Waals surface area contributed by atoms with Gasteiger partial charge in [-0.05, 0) is 29.2 Å². The van der Waals surface area contributed by atoms with E-state index in [0.29, 0.717) is 11.3 Å². The Balaban J connectivity index is 1.98. The van der Waals surface area contributed by atoms with Crippen molar-refractivity contribution in [2.24, 2.45) is 5.84 Å². The zero-order chi connectivity index (χ0) is 13.7. The van der Waals surface area contributed by atoms with Crippen LogP contribution in [0.5, 0.6) is 0 Å². The summed E-state index contributed by atoms with van der Waals surface area (Å²) in [5.41, 5.74) is 5.69. The van der Waals surface area contributed by atoms with E-state index >= 15 is 0 Å². The fraction of sp³-hybridized carbons (Fsp3) is 0.600. The quantitative estimate of drug-likeness (QED) is 0.621. The Hall–Kier alpha value is -0.550. The number of thioether (sulfide) groups is 1. The van der Waals surface area contributed by atoms with Crippen molar-refractivity contribution in [1.82, 2.24) is 5.43 Å². The van der Waals surface area contributed by atoms with Crippen molar-refractivity contribution in [3.8, 4) is 0 Å². The van der Waals surface area contributed by atoms with Crippen LogP contribution < -0.4 is 11.3 Å². The van der Waals surface area contributed by atoms with Gasteiger partial charge in [-0.15, -0.1) is 0 Å². The molecular weight excluding hydrogens is 256 g/mol. The van der Waals surface area contributed by atoms with Crippen LogP contribution in [0.15, 0.2) is 24.3 Å². The van der Waals surface area contributed by atoms with Gasteiger partial charge in [0.05, 0.1) is 12.7 Å². The van der Waals surface area contributed by atoms with E-state index in [0.717, 1.165) is 25.2 Å². The maximum atomic E-state index is 5.94. The minimum absolute atomic E-state index is 0.179. The van der Waals surface area contributed by atoms with Crippen LogP contribution in [0.25, 0.3) is 0 Å². The van der Waals surface area contributed by atoms with Gasteiger partial charge in [0.15, 0.2) is 0 Å². The second-order valence-corrected chi connectivity index (χ2v) is 6.90. The van der Waals surface area contributed by atoms with Gasteiger partial charge in [-0.2, -0.15) is 11.8 Å². The highest BCUT2D eigenvalue weighted by Crippen LogP contribution is 2.31. The van der Waals surface area contributed by atoms with Crippen LogP contribution in [0.3, 0.4) is 0 Å². The number of hydrogen-bond acceptors (Lipinski definition) is 4. The van der Waals surface area contributed by atoms with Gasteiger partial charge in [-0.3, -0.25) is 11.3 Å². The third-order valence-corrected chi connectivity index (χ3v) is 4.72. The van der Waals surface area contributed by atoms with Gasteiger partial charge in [0, 0.05) is 11.8 Å². The summed E-state index contributed by atoms with van der Waals surface area (Å²) in [6, 6.07) is 8.88. The van der Waals surface area contributed by atoms with E-state index in [1.807, 2.05) is 11.8 Å². The number of hydrazine groups is 1. The average Bonchev–Trinajstić information content (AvgIpc) is 2.43. The lowest BCUT2D eigenvalue weighted by Crippen LogP contribution is -2.39. The standard InChI is InChI=1S/C15H24N2OS/c1-11(2)19-10-13(17-16)9-15-14-6-4-3-5-12(14)7-8-18-15/h3-6,11,13,15,17H,7-10,16H2,1-2H3. The van der Waals surface area contributed by atoms with E-state index in [4.69, 9.17) is 10.6 Å². The first-order valence-corrected chi connectivity index (χ1v) is 8.02. The van der Waals surface area contributed by atoms with E-state index in [1.165, 1.54) is 11.1 Å². The SMILES string of the molecule is CC(C)SCC(CC1OCCc2ccccc21)NN. The molecule has 1 aromatic rings. The molecule has 0 saturated heterocycles. The van der Waals surface area contributed by atoms with Crippen molar-refractivity contribution in [3.05, 3.63) is 35.4 Å². The third-order valence-electron chi connectivity index (χ3n) is 3.46. The van der Waals surface area contributed by atoms with Crippen molar-refractivity contribution >= 4 is 11.8 Å². The molecule has 0 amide bonds. The fourth-order valence-corrected chi connectivity index (χ4v) is 3.27. The smallest absolute Gasteiger partial charge is 0.0843 e. The molecule has 106 valence electrons. The molecule has 19 heavy (non-hydrogen) atoms. The van der Waals surface area contributed by atoms with Gasteiger partial charge >= 0.3 is 0 Å². The highest BCUT2D eigenvalue weighted by atomic mass is 32.2. The van der Waals surface area contributed by atoms with Crippen molar-refractivity contribution in [2.45, 2.75) is 44.1 Å². The molecule has 0 radical (unpaired) electrons. The van der Waals surface area contributed by atoms with E-state index < -0.39 is 0 Å². The molecule has 2 unspecified atom stereocenters. The van der Waals surface area contributed by atoms with Gasteiger partial charge in [0.25, 0.3) is 0 Å². The first-order valence-electron chi connectivity index (χ1n) is 6.98. The predicted octanol–water partition coefficient (Wildman–Crippen LogP) is 2.66. The predicted molar refractivity (Wildman–Crippen MR) is 82.2 cm³/mol. The van der Waals surface area contributed by atoms with Gasteiger partial charge in [-0.25, -0.2) is 0 Å². The van der Waals surface area contributed by atoms with Crippen LogP contribution in [0, 0.1) is 0 Å². The van der Waals surface area contributed by atoms with Crippen molar-refractivity contribution in [1.29, 1.82) is 0 Å². The molecular formula is C15H24N2OS. The van der Waals surface area contributed by atoms with Crippen LogP contribution in [-0.2, 0) is 11.2 Å². The second kappa shape index (κ2) is 7.29. The lowest BCUT2D eigenvalue weighted by Gasteiger charge is -2.29. The highest BCUT2D eigenvalue weighted by molar-refractivity contribution is 7.99. The van der Waals surface area contributed by atoms with Gasteiger partial charge in [0.1, 0.15) is 0 Å². The summed E-state index contributed by atoms with van der Waals surface area (Å²) in [5.74, 6) is 6.70. The minimum Gasteiger partial charge on any atom is -0.373 e. The lowest BCUT2D eigenvalue weighted by atomic mass is 9.94. The molecule has 0 aromatic heterocycles. The van der Waals surface area contributed by atoms with Crippen molar-refractivity contribution < 1.29 is 4.74 Å². The Morgan fingerprint density at radius 1 is 1.42 bits per heavy atom. The molecule has 2 rings (SSSR count). The number of benzene rings is 1. The van der Waals surface area contributed by atoms with E-state index in [2.05, 4.69) is 43.5 Å². The van der Waals surface area contributed by atoms with Crippen molar-refractivity contribution in [2.75, 3.05) is 12.4 Å². The van der Waals surface area contributed by atoms with E-state index in [-0.39, 0.29) is 6.10 Å². The second-order valence-electron chi connectivity index (χ2n) is 5.29. The molecule has 0 aliphatic carbocycles. The molecule has 1 aromatic carbocycles. The largest absolute Gasteiger partial charge is 0.373 e. The molecule has 0 bridgehead atoms. The summed E-state index contributed by atoms with van der Waals surface area (Å²) in [7, 11) is 0. The number of rotatable bonds is 6. The number of hydrogen-bond donors (Lipinski definition) is 2. The number of fused-ring (bicyclic) bond motifs is 1. The lowest BCUT2D eigenvalue weighted by molar-refractivity contribution is 0.0310. The first-order chi connectivity index (χ1) is 9.20. The molecule has 3 nitrogen and oxygen atoms in total. The van der Waals surface area contributed by atoms with Gasteiger partial charge < -0.3 is 4.74 Å². The number of nitrogens with two attached hydrogens (primary N) is 1. The van der Waals surface area contributed by atoms with Crippen LogP contribution in [0.2, 0.25) is 0 Å². The zero-order valence-corrected chi connectivity index (χ0v) is 12.6. The fourth-order valence-electron chi connectivity index (χ4n) is 2.42. The van der Waals surface area contributed by atoms with Gasteiger partial charge in [0.2, 0.25) is 0 Å². The van der Waals surface area contributed by atoms with Crippen molar-refractivity contribution in [3.63, 3.8) is 0 Å². The van der Waals surface area contributed by atoms with E-state index in [1.54, 1.807) is 0 Å². The first kappa shape index (κ1) is 14.9. The number of ether oxygens (including phenoxy) is 1. The normalized spacial score (nSPS) is 20.3. The molecule has 1 heterocycles. The maximum Gasteiger partial charge on any atom is 0.0843 e. The summed E-state index contributed by atoms with van der Waals surface area (Å²) >= 11 is 1.94. The molecule has 2 atom stereocenters. The monoisotopic (exact) mass is 280 g/mol. The molecule has 3 N–H and O–H groups in total. The molecule has 1 aliphatic heterocycles. The highest BCUT2D eigenvalue weighted by Gasteiger charge is 2.23. The Labute approximate surface area is 120 Å². The summed E-state index contributed by atoms with van der Waals surface area (Å²) < 4.78 is 5.94. The molecule has 0 spiro atoms. The maximum absolute atomic E-state index is 5.94. The van der Waals surface area contributed by atoms with E-state index in [9.17, 15) is 0 Å². The average molecular weight is 280 g/mol. The molecule has 0 saturated carbocycles. The Kier molecular flexibility index (Phi) is 5.70. The topological polar surface area (TPSA) is 47.3 Å². The summed E-state index contributed by atoms with van der Waals surface area (Å²) in [6.45, 7) is 5.24. The minimum atomic E-state index is 0.179. The van der Waals surface area contributed by atoms with Crippen LogP contribution in [0.4, 0.5) is 0 Å². The Morgan fingerprint density at radius 2 is 2.21 bits per heavy atom. The molecule has 4 heteroatoms. The summed E-state index contributed by atoms with van der Waals surface area (Å²) in [5, 5.41) is 0.635. The Morgan fingerprint density at radius 3 is 2.95 bits per heavy atom. The summed E-state index contributed by atoms with van der Waals surface area (Å²) in [6.07, 6.45) is 2.14. The number of nitrogens with one attached hydrogen (secondary N) is 1. The van der Waals surface area contributed by atoms with Crippen LogP contribution in [0.1, 0.15) is 37.5 Å². The van der Waals surface area contributed by atoms with Crippen LogP contribution in [-0.4, -0.2) is 23.7 Å². The molecule has 0 fully saturated rings. The Bertz CT molecular complexity index is 397. The van der Waals surface area contributed by atoms with Crippen LogP contribution >= 0.6 is 11.8 Å². The zero-order valence-electron chi connectivity index (χ0n) is 11.8. The third kappa shape index (κ3) is 4.21. The summed E-state index contributed by atoms with van der Waals surface area (Å²) in [4.78, 5) is 0. The molecule has 1 aliphatic rings.